The normalized spacial score (nSPS) is 12.5. The first-order valence-corrected chi connectivity index (χ1v) is 8.72. The van der Waals surface area contributed by atoms with Gasteiger partial charge in [-0.25, -0.2) is 13.1 Å². The number of hydrogen-bond donors (Lipinski definition) is 2. The van der Waals surface area contributed by atoms with Gasteiger partial charge < -0.3 is 9.90 Å². The Morgan fingerprint density at radius 1 is 1.08 bits per heavy atom. The number of carboxylic acid groups (broad SMARTS) is 1. The lowest BCUT2D eigenvalue weighted by atomic mass is 10.1. The van der Waals surface area contributed by atoms with Crippen LogP contribution in [0.3, 0.4) is 0 Å². The first-order chi connectivity index (χ1) is 11.4. The minimum absolute atomic E-state index is 0.0334. The molecule has 1 atom stereocenters. The van der Waals surface area contributed by atoms with Crippen molar-refractivity contribution in [1.82, 2.24) is 4.72 Å². The van der Waals surface area contributed by atoms with Crippen LogP contribution in [0.1, 0.15) is 17.5 Å². The van der Waals surface area contributed by atoms with Gasteiger partial charge in [0.05, 0.1) is 17.4 Å². The molecule has 0 fully saturated rings. The number of aliphatic carboxylic acids is 1. The largest absolute Gasteiger partial charge is 0.481 e. The van der Waals surface area contributed by atoms with Crippen molar-refractivity contribution in [1.29, 1.82) is 0 Å². The van der Waals surface area contributed by atoms with E-state index < -0.39 is 28.5 Å². The first-order valence-electron chi connectivity index (χ1n) is 7.23. The molecule has 7 heteroatoms. The highest BCUT2D eigenvalue weighted by Crippen LogP contribution is 2.19. The quantitative estimate of drug-likeness (QED) is 0.707. The molecule has 2 N–H and O–H groups in total. The molecule has 0 radical (unpaired) electrons. The number of benzene rings is 2. The Morgan fingerprint density at radius 3 is 2.33 bits per heavy atom. The number of carbonyl (C=O) groups excluding carboxylic acids is 1. The second kappa shape index (κ2) is 7.85. The average molecular weight is 347 g/mol. The van der Waals surface area contributed by atoms with Crippen LogP contribution >= 0.6 is 0 Å². The molecule has 2 aromatic carbocycles. The van der Waals surface area contributed by atoms with Gasteiger partial charge in [-0.2, -0.15) is 0 Å². The molecular formula is C17H17NO5S. The highest BCUT2D eigenvalue weighted by molar-refractivity contribution is 7.89. The van der Waals surface area contributed by atoms with Gasteiger partial charge in [0, 0.05) is 0 Å². The summed E-state index contributed by atoms with van der Waals surface area (Å²) in [5, 5.41) is 8.74. The maximum absolute atomic E-state index is 12.5. The van der Waals surface area contributed by atoms with Gasteiger partial charge in [0.25, 0.3) is 0 Å². The fourth-order valence-corrected chi connectivity index (χ4v) is 3.70. The summed E-state index contributed by atoms with van der Waals surface area (Å²) in [6.07, 6.45) is 0.0810. The Morgan fingerprint density at radius 2 is 1.71 bits per heavy atom. The van der Waals surface area contributed by atoms with Crippen molar-refractivity contribution in [2.75, 3.05) is 0 Å². The average Bonchev–Trinajstić information content (AvgIpc) is 2.55. The highest BCUT2D eigenvalue weighted by atomic mass is 32.2. The Balaban J connectivity index is 2.30. The number of sulfonamides is 1. The predicted molar refractivity (Wildman–Crippen MR) is 88.1 cm³/mol. The summed E-state index contributed by atoms with van der Waals surface area (Å²) in [6.45, 7) is 0. The number of aldehydes is 1. The maximum atomic E-state index is 12.5. The topological polar surface area (TPSA) is 101 Å². The van der Waals surface area contributed by atoms with Crippen molar-refractivity contribution in [3.05, 3.63) is 65.7 Å². The van der Waals surface area contributed by atoms with Crippen LogP contribution in [0.4, 0.5) is 0 Å². The summed E-state index contributed by atoms with van der Waals surface area (Å²) >= 11 is 0. The van der Waals surface area contributed by atoms with E-state index in [2.05, 4.69) is 4.72 Å². The Bertz CT molecular complexity index is 818. The molecule has 0 bridgehead atoms. The van der Waals surface area contributed by atoms with Gasteiger partial charge in [-0.05, 0) is 23.6 Å². The van der Waals surface area contributed by atoms with Gasteiger partial charge >= 0.3 is 5.97 Å². The van der Waals surface area contributed by atoms with Gasteiger partial charge in [-0.15, -0.1) is 0 Å². The van der Waals surface area contributed by atoms with Crippen LogP contribution in [0, 0.1) is 0 Å². The van der Waals surface area contributed by atoms with Crippen LogP contribution in [0.25, 0.3) is 0 Å². The van der Waals surface area contributed by atoms with Gasteiger partial charge in [-0.3, -0.25) is 4.79 Å². The second-order valence-electron chi connectivity index (χ2n) is 5.23. The molecule has 24 heavy (non-hydrogen) atoms. The first kappa shape index (κ1) is 17.8. The van der Waals surface area contributed by atoms with E-state index in [9.17, 15) is 18.0 Å². The Labute approximate surface area is 140 Å². The number of rotatable bonds is 8. The lowest BCUT2D eigenvalue weighted by molar-refractivity contribution is -0.138. The molecule has 0 aliphatic heterocycles. The third-order valence-electron chi connectivity index (χ3n) is 3.36. The van der Waals surface area contributed by atoms with Gasteiger partial charge in [0.1, 0.15) is 6.29 Å². The third-order valence-corrected chi connectivity index (χ3v) is 4.96. The van der Waals surface area contributed by atoms with E-state index in [0.717, 1.165) is 5.56 Å². The standard InChI is InChI=1S/C17H17NO5S/c19-12-15(11-17(20)21)18-24(22,23)16-9-5-4-8-14(16)10-13-6-2-1-3-7-13/h1-9,12,15,18H,10-11H2,(H,20,21). The molecular weight excluding hydrogens is 330 g/mol. The van der Waals surface area contributed by atoms with Crippen LogP contribution in [0.15, 0.2) is 59.5 Å². The van der Waals surface area contributed by atoms with Gasteiger partial charge in [0.2, 0.25) is 10.0 Å². The second-order valence-corrected chi connectivity index (χ2v) is 6.91. The molecule has 0 amide bonds. The van der Waals surface area contributed by atoms with Crippen molar-refractivity contribution in [2.24, 2.45) is 0 Å². The van der Waals surface area contributed by atoms with Crippen LogP contribution in [-0.2, 0) is 26.0 Å². The summed E-state index contributed by atoms with van der Waals surface area (Å²) in [5.41, 5.74) is 1.51. The molecule has 0 aliphatic carbocycles. The zero-order chi connectivity index (χ0) is 17.6. The van der Waals surface area contributed by atoms with E-state index in [1.807, 2.05) is 30.3 Å². The summed E-state index contributed by atoms with van der Waals surface area (Å²) < 4.78 is 27.2. The number of nitrogens with one attached hydrogen (secondary N) is 1. The minimum Gasteiger partial charge on any atom is -0.481 e. The molecule has 2 aromatic rings. The fourth-order valence-electron chi connectivity index (χ4n) is 2.30. The molecule has 0 aliphatic rings. The van der Waals surface area contributed by atoms with Crippen molar-refractivity contribution in [2.45, 2.75) is 23.8 Å². The van der Waals surface area contributed by atoms with Crippen molar-refractivity contribution in [3.8, 4) is 0 Å². The molecule has 0 saturated carbocycles. The lowest BCUT2D eigenvalue weighted by Gasteiger charge is -2.14. The SMILES string of the molecule is O=CC(CC(=O)O)NS(=O)(=O)c1ccccc1Cc1ccccc1. The maximum Gasteiger partial charge on any atom is 0.305 e. The van der Waals surface area contributed by atoms with E-state index in [1.165, 1.54) is 6.07 Å². The van der Waals surface area contributed by atoms with Crippen LogP contribution in [0.5, 0.6) is 0 Å². The minimum atomic E-state index is -4.01. The lowest BCUT2D eigenvalue weighted by Crippen LogP contribution is -2.38. The molecule has 1 unspecified atom stereocenters. The zero-order valence-electron chi connectivity index (χ0n) is 12.8. The molecule has 0 heterocycles. The fraction of sp³-hybridized carbons (Fsp3) is 0.176. The summed E-state index contributed by atoms with van der Waals surface area (Å²) in [7, 11) is -4.01. The molecule has 2 rings (SSSR count). The highest BCUT2D eigenvalue weighted by Gasteiger charge is 2.23. The smallest absolute Gasteiger partial charge is 0.305 e. The summed E-state index contributed by atoms with van der Waals surface area (Å²) in [4.78, 5) is 21.7. The zero-order valence-corrected chi connectivity index (χ0v) is 13.6. The molecule has 0 aromatic heterocycles. The van der Waals surface area contributed by atoms with Crippen LogP contribution in [0.2, 0.25) is 0 Å². The Hall–Kier alpha value is -2.51. The van der Waals surface area contributed by atoms with Crippen molar-refractivity contribution in [3.63, 3.8) is 0 Å². The van der Waals surface area contributed by atoms with E-state index in [1.54, 1.807) is 18.2 Å². The monoisotopic (exact) mass is 347 g/mol. The van der Waals surface area contributed by atoms with E-state index in [4.69, 9.17) is 5.11 Å². The number of carboxylic acids is 1. The molecule has 126 valence electrons. The number of hydrogen-bond acceptors (Lipinski definition) is 4. The van der Waals surface area contributed by atoms with Gasteiger partial charge in [-0.1, -0.05) is 48.5 Å². The van der Waals surface area contributed by atoms with Crippen LogP contribution < -0.4 is 4.72 Å². The van der Waals surface area contributed by atoms with E-state index in [0.29, 0.717) is 12.0 Å². The van der Waals surface area contributed by atoms with Crippen LogP contribution in [-0.4, -0.2) is 31.8 Å². The third kappa shape index (κ3) is 4.74. The molecule has 0 spiro atoms. The van der Waals surface area contributed by atoms with Crippen molar-refractivity contribution < 1.29 is 23.1 Å². The summed E-state index contributed by atoms with van der Waals surface area (Å²) in [6, 6.07) is 14.5. The molecule has 6 nitrogen and oxygen atoms in total. The Kier molecular flexibility index (Phi) is 5.83. The number of carbonyl (C=O) groups is 2. The summed E-state index contributed by atoms with van der Waals surface area (Å²) in [5.74, 6) is -1.26. The van der Waals surface area contributed by atoms with E-state index in [-0.39, 0.29) is 11.2 Å². The van der Waals surface area contributed by atoms with E-state index >= 15 is 0 Å². The van der Waals surface area contributed by atoms with Crippen molar-refractivity contribution >= 4 is 22.3 Å². The molecule has 0 saturated heterocycles. The predicted octanol–water partition coefficient (Wildman–Crippen LogP) is 1.60. The van der Waals surface area contributed by atoms with Gasteiger partial charge in [0.15, 0.2) is 0 Å².